The fourth-order valence-electron chi connectivity index (χ4n) is 1.57. The van der Waals surface area contributed by atoms with Crippen LogP contribution in [0.5, 0.6) is 17.2 Å². The van der Waals surface area contributed by atoms with Crippen LogP contribution in [0.2, 0.25) is 0 Å². The number of amides is 1. The summed E-state index contributed by atoms with van der Waals surface area (Å²) in [6, 6.07) is 3.34. The molecule has 18 heavy (non-hydrogen) atoms. The Morgan fingerprint density at radius 3 is 2.11 bits per heavy atom. The van der Waals surface area contributed by atoms with Crippen LogP contribution in [0.4, 0.5) is 5.69 Å². The van der Waals surface area contributed by atoms with Crippen LogP contribution in [0.3, 0.4) is 0 Å². The third-order valence-electron chi connectivity index (χ3n) is 2.39. The van der Waals surface area contributed by atoms with Crippen molar-refractivity contribution in [2.24, 2.45) is 4.47 Å². The minimum atomic E-state index is -0.200. The summed E-state index contributed by atoms with van der Waals surface area (Å²) in [7, 11) is 4.56. The monoisotopic (exact) mass is 268 g/mol. The number of methoxy groups -OCH3 is 3. The summed E-state index contributed by atoms with van der Waals surface area (Å²) in [5.74, 6) is 1.24. The van der Waals surface area contributed by atoms with Crippen molar-refractivity contribution < 1.29 is 19.0 Å². The van der Waals surface area contributed by atoms with E-state index in [1.54, 1.807) is 12.1 Å². The zero-order valence-electron chi connectivity index (χ0n) is 10.2. The van der Waals surface area contributed by atoms with E-state index in [1.807, 2.05) is 0 Å². The van der Waals surface area contributed by atoms with Gasteiger partial charge in [0, 0.05) is 12.1 Å². The van der Waals surface area contributed by atoms with Crippen molar-refractivity contribution in [1.29, 1.82) is 0 Å². The summed E-state index contributed by atoms with van der Waals surface area (Å²) in [6.45, 7) is 0. The summed E-state index contributed by atoms with van der Waals surface area (Å²) in [5.41, 5.74) is 0.566. The van der Waals surface area contributed by atoms with Crippen molar-refractivity contribution in [3.05, 3.63) is 12.1 Å². The maximum absolute atomic E-state index is 11.6. The van der Waals surface area contributed by atoms with Crippen LogP contribution < -0.4 is 19.2 Å². The predicted octanol–water partition coefficient (Wildman–Crippen LogP) is 1.04. The number of anilines is 1. The van der Waals surface area contributed by atoms with Gasteiger partial charge in [0.15, 0.2) is 11.5 Å². The summed E-state index contributed by atoms with van der Waals surface area (Å²) in [4.78, 5) is 11.6. The fourth-order valence-corrected chi connectivity index (χ4v) is 2.08. The van der Waals surface area contributed by atoms with Gasteiger partial charge < -0.3 is 14.2 Å². The van der Waals surface area contributed by atoms with Crippen molar-refractivity contribution in [2.45, 2.75) is 0 Å². The summed E-state index contributed by atoms with van der Waals surface area (Å²) >= 11 is 1.09. The lowest BCUT2D eigenvalue weighted by atomic mass is 10.2. The lowest BCUT2D eigenvalue weighted by Crippen LogP contribution is -2.22. The molecule has 0 fully saturated rings. The molecule has 0 bridgehead atoms. The molecule has 0 saturated carbocycles. The third-order valence-corrected chi connectivity index (χ3v) is 2.95. The molecule has 7 heteroatoms. The van der Waals surface area contributed by atoms with E-state index in [0.29, 0.717) is 22.9 Å². The van der Waals surface area contributed by atoms with Gasteiger partial charge in [0.25, 0.3) is 5.91 Å². The number of rotatable bonds is 4. The SMILES string of the molecule is COc1cc(N2N=S=CC2=O)cc(OC)c1OC. The Morgan fingerprint density at radius 1 is 1.11 bits per heavy atom. The lowest BCUT2D eigenvalue weighted by Gasteiger charge is -2.17. The minimum absolute atomic E-state index is 0.200. The van der Waals surface area contributed by atoms with Crippen LogP contribution in [0, 0.1) is 0 Å². The second kappa shape index (κ2) is 5.09. The number of ether oxygens (including phenoxy) is 3. The molecule has 1 aliphatic rings. The summed E-state index contributed by atoms with van der Waals surface area (Å²) < 4.78 is 19.6. The Labute approximate surface area is 108 Å². The van der Waals surface area contributed by atoms with E-state index in [4.69, 9.17) is 14.2 Å². The van der Waals surface area contributed by atoms with Gasteiger partial charge >= 0.3 is 0 Å². The van der Waals surface area contributed by atoms with E-state index in [0.717, 1.165) is 11.1 Å². The Hall–Kier alpha value is -2.02. The van der Waals surface area contributed by atoms with Crippen LogP contribution in [0.1, 0.15) is 0 Å². The molecule has 0 radical (unpaired) electrons. The maximum Gasteiger partial charge on any atom is 0.283 e. The van der Waals surface area contributed by atoms with Crippen LogP contribution in [-0.4, -0.2) is 32.6 Å². The standard InChI is InChI=1S/C11H12N2O4S/c1-15-8-4-7(13-10(14)6-18-12-13)5-9(16-2)11(8)17-3/h4-6H,1-3H3. The largest absolute Gasteiger partial charge is 0.493 e. The molecule has 1 heterocycles. The van der Waals surface area contributed by atoms with E-state index in [-0.39, 0.29) is 5.91 Å². The molecule has 1 aromatic rings. The first-order chi connectivity index (χ1) is 8.71. The number of carbonyl (C=O) groups excluding carboxylic acids is 1. The van der Waals surface area contributed by atoms with Crippen molar-refractivity contribution >= 4 is 28.1 Å². The minimum Gasteiger partial charge on any atom is -0.493 e. The number of benzene rings is 1. The van der Waals surface area contributed by atoms with Crippen LogP contribution in [0.25, 0.3) is 0 Å². The van der Waals surface area contributed by atoms with Gasteiger partial charge in [0.05, 0.1) is 32.4 Å². The molecule has 6 nitrogen and oxygen atoms in total. The Balaban J connectivity index is 2.50. The molecule has 0 saturated heterocycles. The molecule has 0 aliphatic carbocycles. The maximum atomic E-state index is 11.6. The quantitative estimate of drug-likeness (QED) is 0.766. The van der Waals surface area contributed by atoms with Crippen LogP contribution in [0.15, 0.2) is 16.6 Å². The zero-order chi connectivity index (χ0) is 13.1. The van der Waals surface area contributed by atoms with Gasteiger partial charge in [-0.2, -0.15) is 5.01 Å². The van der Waals surface area contributed by atoms with Gasteiger partial charge in [-0.1, -0.05) is 0 Å². The van der Waals surface area contributed by atoms with Gasteiger partial charge in [-0.05, 0) is 11.1 Å². The highest BCUT2D eigenvalue weighted by atomic mass is 32.1. The highest BCUT2D eigenvalue weighted by Crippen LogP contribution is 2.41. The van der Waals surface area contributed by atoms with Crippen molar-refractivity contribution in [3.8, 4) is 17.2 Å². The second-order valence-corrected chi connectivity index (χ2v) is 3.95. The van der Waals surface area contributed by atoms with Crippen molar-refractivity contribution in [2.75, 3.05) is 26.3 Å². The van der Waals surface area contributed by atoms with E-state index in [1.165, 1.54) is 31.7 Å². The van der Waals surface area contributed by atoms with E-state index < -0.39 is 0 Å². The highest BCUT2D eigenvalue weighted by Gasteiger charge is 2.21. The Bertz CT molecular complexity index is 527. The molecule has 1 aromatic carbocycles. The van der Waals surface area contributed by atoms with Gasteiger partial charge in [-0.15, -0.1) is 4.47 Å². The van der Waals surface area contributed by atoms with Gasteiger partial charge in [0.2, 0.25) is 5.75 Å². The zero-order valence-corrected chi connectivity index (χ0v) is 11.0. The molecule has 0 atom stereocenters. The molecule has 1 amide bonds. The van der Waals surface area contributed by atoms with Gasteiger partial charge in [-0.25, -0.2) is 0 Å². The third kappa shape index (κ3) is 2.04. The first-order valence-corrected chi connectivity index (χ1v) is 5.89. The molecule has 0 N–H and O–H groups in total. The number of nitrogens with zero attached hydrogens (tertiary/aromatic N) is 2. The first-order valence-electron chi connectivity index (χ1n) is 5.05. The van der Waals surface area contributed by atoms with Crippen molar-refractivity contribution in [1.82, 2.24) is 0 Å². The fraction of sp³-hybridized carbons (Fsp3) is 0.273. The highest BCUT2D eigenvalue weighted by molar-refractivity contribution is 7.69. The molecular formula is C11H12N2O4S. The van der Waals surface area contributed by atoms with Gasteiger partial charge in [0.1, 0.15) is 0 Å². The summed E-state index contributed by atoms with van der Waals surface area (Å²) in [6.07, 6.45) is 0. The Kier molecular flexibility index (Phi) is 3.52. The first kappa shape index (κ1) is 12.4. The molecule has 0 unspecified atom stereocenters. The average Bonchev–Trinajstić information content (AvgIpc) is 2.83. The topological polar surface area (TPSA) is 60.4 Å². The number of hydrogen-bond donors (Lipinski definition) is 0. The molecule has 96 valence electrons. The normalized spacial score (nSPS) is 13.5. The molecule has 2 rings (SSSR count). The molecule has 0 spiro atoms. The average molecular weight is 268 g/mol. The van der Waals surface area contributed by atoms with E-state index >= 15 is 0 Å². The summed E-state index contributed by atoms with van der Waals surface area (Å²) in [5, 5.41) is 2.69. The van der Waals surface area contributed by atoms with Crippen LogP contribution in [-0.2, 0) is 15.9 Å². The van der Waals surface area contributed by atoms with E-state index in [2.05, 4.69) is 4.47 Å². The number of hydrogen-bond acceptors (Lipinski definition) is 5. The number of carbonyl (C=O) groups is 1. The lowest BCUT2D eigenvalue weighted by molar-refractivity contribution is -0.111. The molecular weight excluding hydrogens is 256 g/mol. The smallest absolute Gasteiger partial charge is 0.283 e. The van der Waals surface area contributed by atoms with Crippen molar-refractivity contribution in [3.63, 3.8) is 0 Å². The van der Waals surface area contributed by atoms with Crippen LogP contribution >= 0.6 is 0 Å². The molecule has 1 aliphatic heterocycles. The molecule has 0 aromatic heterocycles. The van der Waals surface area contributed by atoms with Gasteiger partial charge in [-0.3, -0.25) is 4.79 Å². The van der Waals surface area contributed by atoms with E-state index in [9.17, 15) is 4.79 Å². The predicted molar refractivity (Wildman–Crippen MR) is 69.4 cm³/mol. The Morgan fingerprint density at radius 2 is 1.72 bits per heavy atom. The second-order valence-electron chi connectivity index (χ2n) is 3.34.